The number of aromatic amines is 1. The summed E-state index contributed by atoms with van der Waals surface area (Å²) in [4.78, 5) is 9.70. The van der Waals surface area contributed by atoms with Gasteiger partial charge in [0.05, 0.1) is 18.5 Å². The number of aromatic nitrogens is 3. The maximum absolute atomic E-state index is 5.55. The zero-order valence-corrected chi connectivity index (χ0v) is 16.8. The van der Waals surface area contributed by atoms with Crippen LogP contribution in [0.5, 0.6) is 5.75 Å². The first-order chi connectivity index (χ1) is 13.2. The number of ether oxygens (including phenoxy) is 1. The number of nitrogens with zero attached hydrogens (tertiary/aromatic N) is 4. The van der Waals surface area contributed by atoms with E-state index in [1.54, 1.807) is 7.11 Å². The highest BCUT2D eigenvalue weighted by atomic mass is 16.5. The van der Waals surface area contributed by atoms with Gasteiger partial charge in [0.2, 0.25) is 0 Å². The molecule has 0 bridgehead atoms. The predicted octanol–water partition coefficient (Wildman–Crippen LogP) is 2.63. The molecule has 1 N–H and O–H groups in total. The van der Waals surface area contributed by atoms with Gasteiger partial charge in [0.15, 0.2) is 0 Å². The summed E-state index contributed by atoms with van der Waals surface area (Å²) >= 11 is 0. The molecule has 0 unspecified atom stereocenters. The number of fused-ring (bicyclic) bond motifs is 1. The van der Waals surface area contributed by atoms with Gasteiger partial charge in [-0.15, -0.1) is 0 Å². The van der Waals surface area contributed by atoms with Gasteiger partial charge in [0.25, 0.3) is 0 Å². The van der Waals surface area contributed by atoms with Gasteiger partial charge in [-0.05, 0) is 45.1 Å². The van der Waals surface area contributed by atoms with Crippen molar-refractivity contribution in [1.82, 2.24) is 25.0 Å². The van der Waals surface area contributed by atoms with Crippen LogP contribution >= 0.6 is 0 Å². The molecule has 6 nitrogen and oxygen atoms in total. The molecular weight excluding hydrogens is 338 g/mol. The molecular formula is C21H31N5O. The molecule has 4 rings (SSSR count). The van der Waals surface area contributed by atoms with E-state index in [2.05, 4.69) is 38.8 Å². The fraction of sp³-hybridized carbons (Fsp3) is 0.619. The molecule has 1 saturated heterocycles. The van der Waals surface area contributed by atoms with Crippen LogP contribution in [-0.2, 0) is 25.9 Å². The summed E-state index contributed by atoms with van der Waals surface area (Å²) in [6.07, 6.45) is 6.90. The molecule has 146 valence electrons. The van der Waals surface area contributed by atoms with E-state index in [0.717, 1.165) is 56.3 Å². The van der Waals surface area contributed by atoms with Crippen LogP contribution in [0.15, 0.2) is 6.20 Å². The Morgan fingerprint density at radius 2 is 1.67 bits per heavy atom. The van der Waals surface area contributed by atoms with E-state index < -0.39 is 0 Å². The minimum Gasteiger partial charge on any atom is -0.496 e. The van der Waals surface area contributed by atoms with Crippen molar-refractivity contribution in [2.24, 2.45) is 0 Å². The first-order valence-corrected chi connectivity index (χ1v) is 10.1. The van der Waals surface area contributed by atoms with Crippen molar-refractivity contribution < 1.29 is 4.74 Å². The standard InChI is InChI=1S/C21H31N5O/c1-15-12-22-19(16(2)21(15)27-3)13-25-8-10-26(11-9-25)14-20-17-6-4-5-7-18(17)23-24-20/h12H,4-11,13-14H2,1-3H3,(H,23,24). The number of aryl methyl sites for hydroxylation is 2. The number of rotatable bonds is 5. The summed E-state index contributed by atoms with van der Waals surface area (Å²) in [5, 5.41) is 7.89. The van der Waals surface area contributed by atoms with Crippen molar-refractivity contribution in [2.45, 2.75) is 52.6 Å². The number of methoxy groups -OCH3 is 1. The number of H-pyrrole nitrogens is 1. The van der Waals surface area contributed by atoms with Crippen LogP contribution in [-0.4, -0.2) is 58.3 Å². The van der Waals surface area contributed by atoms with Crippen LogP contribution in [0, 0.1) is 13.8 Å². The Hall–Kier alpha value is -1.92. The lowest BCUT2D eigenvalue weighted by Gasteiger charge is -2.34. The third kappa shape index (κ3) is 3.87. The zero-order valence-electron chi connectivity index (χ0n) is 16.8. The lowest BCUT2D eigenvalue weighted by molar-refractivity contribution is 0.119. The maximum atomic E-state index is 5.55. The minimum absolute atomic E-state index is 0.897. The van der Waals surface area contributed by atoms with Crippen LogP contribution in [0.1, 0.15) is 46.6 Å². The lowest BCUT2D eigenvalue weighted by atomic mass is 9.96. The molecule has 1 aliphatic heterocycles. The van der Waals surface area contributed by atoms with Crippen LogP contribution in [0.4, 0.5) is 0 Å². The van der Waals surface area contributed by atoms with Crippen molar-refractivity contribution in [3.63, 3.8) is 0 Å². The molecule has 2 aromatic heterocycles. The average molecular weight is 370 g/mol. The number of pyridine rings is 1. The molecule has 0 amide bonds. The Balaban J connectivity index is 1.34. The summed E-state index contributed by atoms with van der Waals surface area (Å²) < 4.78 is 5.55. The van der Waals surface area contributed by atoms with Gasteiger partial charge < -0.3 is 4.74 Å². The van der Waals surface area contributed by atoms with Crippen molar-refractivity contribution >= 4 is 0 Å². The van der Waals surface area contributed by atoms with E-state index in [0.29, 0.717) is 0 Å². The first-order valence-electron chi connectivity index (χ1n) is 10.1. The molecule has 0 atom stereocenters. The SMILES string of the molecule is COc1c(C)cnc(CN2CCN(Cc3n[nH]c4c3CCCC4)CC2)c1C. The fourth-order valence-corrected chi connectivity index (χ4v) is 4.44. The highest BCUT2D eigenvalue weighted by Gasteiger charge is 2.22. The number of nitrogens with one attached hydrogen (secondary N) is 1. The largest absolute Gasteiger partial charge is 0.496 e. The topological polar surface area (TPSA) is 57.3 Å². The Morgan fingerprint density at radius 3 is 2.37 bits per heavy atom. The highest BCUT2D eigenvalue weighted by Crippen LogP contribution is 2.26. The molecule has 0 radical (unpaired) electrons. The highest BCUT2D eigenvalue weighted by molar-refractivity contribution is 5.41. The quantitative estimate of drug-likeness (QED) is 0.878. The Labute approximate surface area is 161 Å². The third-order valence-corrected chi connectivity index (χ3v) is 6.10. The summed E-state index contributed by atoms with van der Waals surface area (Å²) in [5.74, 6) is 0.974. The third-order valence-electron chi connectivity index (χ3n) is 6.10. The van der Waals surface area contributed by atoms with Gasteiger partial charge >= 0.3 is 0 Å². The summed E-state index contributed by atoms with van der Waals surface area (Å²) in [7, 11) is 1.74. The molecule has 6 heteroatoms. The zero-order chi connectivity index (χ0) is 18.8. The second-order valence-electron chi connectivity index (χ2n) is 7.93. The molecule has 1 fully saturated rings. The fourth-order valence-electron chi connectivity index (χ4n) is 4.44. The van der Waals surface area contributed by atoms with E-state index in [4.69, 9.17) is 4.74 Å². The number of piperazine rings is 1. The second-order valence-corrected chi connectivity index (χ2v) is 7.93. The first kappa shape index (κ1) is 18.4. The van der Waals surface area contributed by atoms with Crippen LogP contribution in [0.2, 0.25) is 0 Å². The van der Waals surface area contributed by atoms with Gasteiger partial charge in [-0.2, -0.15) is 5.10 Å². The van der Waals surface area contributed by atoms with Gasteiger partial charge in [0, 0.05) is 62.3 Å². The molecule has 0 saturated carbocycles. The van der Waals surface area contributed by atoms with Crippen molar-refractivity contribution in [2.75, 3.05) is 33.3 Å². The Bertz CT molecular complexity index is 792. The van der Waals surface area contributed by atoms with Gasteiger partial charge in [-0.3, -0.25) is 19.9 Å². The van der Waals surface area contributed by atoms with E-state index in [-0.39, 0.29) is 0 Å². The molecule has 1 aliphatic carbocycles. The van der Waals surface area contributed by atoms with Gasteiger partial charge in [0.1, 0.15) is 5.75 Å². The van der Waals surface area contributed by atoms with E-state index in [9.17, 15) is 0 Å². The van der Waals surface area contributed by atoms with E-state index >= 15 is 0 Å². The van der Waals surface area contributed by atoms with Crippen LogP contribution in [0.3, 0.4) is 0 Å². The molecule has 2 aromatic rings. The Morgan fingerprint density at radius 1 is 1.00 bits per heavy atom. The molecule has 27 heavy (non-hydrogen) atoms. The predicted molar refractivity (Wildman–Crippen MR) is 106 cm³/mol. The normalized spacial score (nSPS) is 18.5. The minimum atomic E-state index is 0.897. The Kier molecular flexibility index (Phi) is 5.45. The monoisotopic (exact) mass is 369 g/mol. The molecule has 3 heterocycles. The lowest BCUT2D eigenvalue weighted by Crippen LogP contribution is -2.45. The van der Waals surface area contributed by atoms with Crippen molar-refractivity contribution in [1.29, 1.82) is 0 Å². The summed E-state index contributed by atoms with van der Waals surface area (Å²) in [6.45, 7) is 10.4. The van der Waals surface area contributed by atoms with E-state index in [1.165, 1.54) is 48.2 Å². The average Bonchev–Trinajstić information content (AvgIpc) is 3.09. The molecule has 0 aromatic carbocycles. The summed E-state index contributed by atoms with van der Waals surface area (Å²) in [6, 6.07) is 0. The maximum Gasteiger partial charge on any atom is 0.128 e. The van der Waals surface area contributed by atoms with Crippen LogP contribution < -0.4 is 4.74 Å². The van der Waals surface area contributed by atoms with Crippen molar-refractivity contribution in [3.05, 3.63) is 40.0 Å². The van der Waals surface area contributed by atoms with Gasteiger partial charge in [-0.1, -0.05) is 0 Å². The van der Waals surface area contributed by atoms with E-state index in [1.807, 2.05) is 6.20 Å². The van der Waals surface area contributed by atoms with Crippen LogP contribution in [0.25, 0.3) is 0 Å². The molecule has 0 spiro atoms. The number of hydrogen-bond acceptors (Lipinski definition) is 5. The van der Waals surface area contributed by atoms with Gasteiger partial charge in [-0.25, -0.2) is 0 Å². The smallest absolute Gasteiger partial charge is 0.128 e. The van der Waals surface area contributed by atoms with Crippen molar-refractivity contribution in [3.8, 4) is 5.75 Å². The summed E-state index contributed by atoms with van der Waals surface area (Å²) in [5.41, 5.74) is 7.56. The second kappa shape index (κ2) is 7.98. The molecule has 2 aliphatic rings. The number of hydrogen-bond donors (Lipinski definition) is 1.